The highest BCUT2D eigenvalue weighted by Crippen LogP contribution is 2.22. The van der Waals surface area contributed by atoms with Crippen molar-refractivity contribution in [1.29, 1.82) is 0 Å². The molecule has 2 heterocycles. The third kappa shape index (κ3) is 4.83. The Morgan fingerprint density at radius 3 is 2.48 bits per heavy atom. The molecule has 0 aromatic heterocycles. The lowest BCUT2D eigenvalue weighted by Crippen LogP contribution is -2.58. The van der Waals surface area contributed by atoms with Crippen LogP contribution in [0.3, 0.4) is 0 Å². The fourth-order valence-corrected chi connectivity index (χ4v) is 3.38. The summed E-state index contributed by atoms with van der Waals surface area (Å²) >= 11 is 0. The molecule has 132 valence electrons. The number of carbonyl (C=O) groups excluding carboxylic acids is 2. The Morgan fingerprint density at radius 2 is 1.87 bits per heavy atom. The van der Waals surface area contributed by atoms with E-state index in [1.165, 1.54) is 0 Å². The molecule has 2 aliphatic heterocycles. The lowest BCUT2D eigenvalue weighted by molar-refractivity contribution is -0.126. The standard InChI is InChI=1S/C17H31N3O3/c1-11-8-9-13(12(2)18-11)19-15(21)14-7-6-10-20(14)16(22)23-17(3,4)5/h11-14,18H,6-10H2,1-5H3,(H,19,21). The Hall–Kier alpha value is -1.30. The molecule has 0 bridgehead atoms. The van der Waals surface area contributed by atoms with Crippen LogP contribution in [0.1, 0.15) is 60.3 Å². The molecule has 6 nitrogen and oxygen atoms in total. The molecule has 2 aliphatic rings. The minimum Gasteiger partial charge on any atom is -0.444 e. The monoisotopic (exact) mass is 325 g/mol. The molecule has 0 aliphatic carbocycles. The number of rotatable bonds is 2. The predicted octanol–water partition coefficient (Wildman–Crippen LogP) is 2.03. The van der Waals surface area contributed by atoms with Crippen LogP contribution in [0, 0.1) is 0 Å². The van der Waals surface area contributed by atoms with Gasteiger partial charge in [-0.3, -0.25) is 9.69 Å². The van der Waals surface area contributed by atoms with E-state index in [4.69, 9.17) is 4.74 Å². The van der Waals surface area contributed by atoms with Crippen molar-refractivity contribution in [2.45, 2.75) is 90.1 Å². The SMILES string of the molecule is CC1CCC(NC(=O)C2CCCN2C(=O)OC(C)(C)C)C(C)N1. The number of hydrogen-bond donors (Lipinski definition) is 2. The third-order valence-electron chi connectivity index (χ3n) is 4.57. The van der Waals surface area contributed by atoms with Crippen molar-refractivity contribution in [3.05, 3.63) is 0 Å². The first-order chi connectivity index (χ1) is 10.7. The molecule has 0 radical (unpaired) electrons. The molecule has 2 N–H and O–H groups in total. The summed E-state index contributed by atoms with van der Waals surface area (Å²) in [5.41, 5.74) is -0.543. The molecule has 0 aromatic rings. The normalized spacial score (nSPS) is 31.8. The minimum absolute atomic E-state index is 0.0541. The smallest absolute Gasteiger partial charge is 0.410 e. The number of amides is 2. The van der Waals surface area contributed by atoms with Crippen molar-refractivity contribution < 1.29 is 14.3 Å². The molecule has 2 rings (SSSR count). The van der Waals surface area contributed by atoms with E-state index in [2.05, 4.69) is 24.5 Å². The molecule has 23 heavy (non-hydrogen) atoms. The molecule has 0 spiro atoms. The summed E-state index contributed by atoms with van der Waals surface area (Å²) in [5.74, 6) is -0.0541. The van der Waals surface area contributed by atoms with Crippen LogP contribution in [-0.2, 0) is 9.53 Å². The average molecular weight is 325 g/mol. The van der Waals surface area contributed by atoms with Crippen LogP contribution < -0.4 is 10.6 Å². The van der Waals surface area contributed by atoms with Crippen molar-refractivity contribution in [1.82, 2.24) is 15.5 Å². The number of ether oxygens (including phenoxy) is 1. The van der Waals surface area contributed by atoms with Crippen LogP contribution >= 0.6 is 0 Å². The average Bonchev–Trinajstić information content (AvgIpc) is 2.89. The Kier molecular flexibility index (Phi) is 5.55. The molecule has 2 fully saturated rings. The maximum atomic E-state index is 12.6. The quantitative estimate of drug-likeness (QED) is 0.815. The maximum absolute atomic E-state index is 12.6. The molecule has 0 saturated carbocycles. The van der Waals surface area contributed by atoms with Gasteiger partial charge in [0.1, 0.15) is 11.6 Å². The minimum atomic E-state index is -0.543. The largest absolute Gasteiger partial charge is 0.444 e. The number of nitrogens with one attached hydrogen (secondary N) is 2. The Labute approximate surface area is 139 Å². The van der Waals surface area contributed by atoms with E-state index in [9.17, 15) is 9.59 Å². The van der Waals surface area contributed by atoms with Gasteiger partial charge in [0.25, 0.3) is 0 Å². The zero-order valence-electron chi connectivity index (χ0n) is 15.0. The Morgan fingerprint density at radius 1 is 1.17 bits per heavy atom. The summed E-state index contributed by atoms with van der Waals surface area (Å²) in [5, 5.41) is 6.60. The van der Waals surface area contributed by atoms with Crippen molar-refractivity contribution >= 4 is 12.0 Å². The zero-order valence-corrected chi connectivity index (χ0v) is 15.0. The van der Waals surface area contributed by atoms with E-state index in [-0.39, 0.29) is 18.0 Å². The fraction of sp³-hybridized carbons (Fsp3) is 0.882. The summed E-state index contributed by atoms with van der Waals surface area (Å²) < 4.78 is 5.42. The van der Waals surface area contributed by atoms with E-state index < -0.39 is 17.7 Å². The molecule has 2 amide bonds. The lowest BCUT2D eigenvalue weighted by Gasteiger charge is -2.36. The summed E-state index contributed by atoms with van der Waals surface area (Å²) in [6.07, 6.45) is 3.18. The maximum Gasteiger partial charge on any atom is 0.410 e. The summed E-state index contributed by atoms with van der Waals surface area (Å²) in [6.45, 7) is 10.4. The first-order valence-corrected chi connectivity index (χ1v) is 8.73. The zero-order chi connectivity index (χ0) is 17.2. The van der Waals surface area contributed by atoms with Gasteiger partial charge in [-0.15, -0.1) is 0 Å². The van der Waals surface area contributed by atoms with Crippen LogP contribution in [0.4, 0.5) is 4.79 Å². The highest BCUT2D eigenvalue weighted by molar-refractivity contribution is 5.86. The highest BCUT2D eigenvalue weighted by atomic mass is 16.6. The van der Waals surface area contributed by atoms with Crippen LogP contribution in [0.15, 0.2) is 0 Å². The number of likely N-dealkylation sites (tertiary alicyclic amines) is 1. The third-order valence-corrected chi connectivity index (χ3v) is 4.57. The molecular formula is C17H31N3O3. The van der Waals surface area contributed by atoms with Crippen molar-refractivity contribution in [2.24, 2.45) is 0 Å². The summed E-state index contributed by atoms with van der Waals surface area (Å²) in [4.78, 5) is 26.5. The second-order valence-corrected chi connectivity index (χ2v) is 7.88. The first kappa shape index (κ1) is 18.0. The summed E-state index contributed by atoms with van der Waals surface area (Å²) in [6, 6.07) is 0.457. The molecule has 2 saturated heterocycles. The van der Waals surface area contributed by atoms with Gasteiger partial charge in [0, 0.05) is 24.7 Å². The van der Waals surface area contributed by atoms with Gasteiger partial charge in [0.05, 0.1) is 0 Å². The van der Waals surface area contributed by atoms with Crippen LogP contribution in [-0.4, -0.2) is 53.2 Å². The molecule has 4 unspecified atom stereocenters. The van der Waals surface area contributed by atoms with E-state index in [1.54, 1.807) is 4.90 Å². The predicted molar refractivity (Wildman–Crippen MR) is 89.2 cm³/mol. The second-order valence-electron chi connectivity index (χ2n) is 7.88. The molecule has 6 heteroatoms. The topological polar surface area (TPSA) is 70.7 Å². The van der Waals surface area contributed by atoms with Crippen molar-refractivity contribution in [2.75, 3.05) is 6.54 Å². The lowest BCUT2D eigenvalue weighted by atomic mass is 9.95. The Bertz CT molecular complexity index is 447. The fourth-order valence-electron chi connectivity index (χ4n) is 3.38. The Balaban J connectivity index is 1.94. The second kappa shape index (κ2) is 7.07. The number of piperidine rings is 1. The number of carbonyl (C=O) groups is 2. The van der Waals surface area contributed by atoms with E-state index in [0.29, 0.717) is 19.0 Å². The number of hydrogen-bond acceptors (Lipinski definition) is 4. The van der Waals surface area contributed by atoms with Gasteiger partial charge in [-0.25, -0.2) is 4.79 Å². The van der Waals surface area contributed by atoms with Gasteiger partial charge in [0.2, 0.25) is 5.91 Å². The van der Waals surface area contributed by atoms with E-state index in [0.717, 1.165) is 19.3 Å². The number of nitrogens with zero attached hydrogens (tertiary/aromatic N) is 1. The van der Waals surface area contributed by atoms with Gasteiger partial charge in [-0.1, -0.05) is 0 Å². The summed E-state index contributed by atoms with van der Waals surface area (Å²) in [7, 11) is 0. The molecule has 0 aromatic carbocycles. The molecular weight excluding hydrogens is 294 g/mol. The molecule has 4 atom stereocenters. The van der Waals surface area contributed by atoms with Crippen molar-refractivity contribution in [3.8, 4) is 0 Å². The highest BCUT2D eigenvalue weighted by Gasteiger charge is 2.38. The van der Waals surface area contributed by atoms with Crippen LogP contribution in [0.5, 0.6) is 0 Å². The van der Waals surface area contributed by atoms with Gasteiger partial charge in [0.15, 0.2) is 0 Å². The van der Waals surface area contributed by atoms with E-state index >= 15 is 0 Å². The first-order valence-electron chi connectivity index (χ1n) is 8.73. The van der Waals surface area contributed by atoms with Gasteiger partial charge in [-0.05, 0) is 60.3 Å². The van der Waals surface area contributed by atoms with Gasteiger partial charge < -0.3 is 15.4 Å². The van der Waals surface area contributed by atoms with Crippen LogP contribution in [0.25, 0.3) is 0 Å². The van der Waals surface area contributed by atoms with E-state index in [1.807, 2.05) is 20.8 Å². The van der Waals surface area contributed by atoms with Crippen molar-refractivity contribution in [3.63, 3.8) is 0 Å². The van der Waals surface area contributed by atoms with Gasteiger partial charge in [-0.2, -0.15) is 0 Å². The van der Waals surface area contributed by atoms with Crippen LogP contribution in [0.2, 0.25) is 0 Å². The van der Waals surface area contributed by atoms with Gasteiger partial charge >= 0.3 is 6.09 Å².